The fourth-order valence-corrected chi connectivity index (χ4v) is 2.99. The predicted octanol–water partition coefficient (Wildman–Crippen LogP) is 1.61. The van der Waals surface area contributed by atoms with Crippen LogP contribution in [0.25, 0.3) is 0 Å². The minimum absolute atomic E-state index is 0.235. The monoisotopic (exact) mass is 327 g/mol. The van der Waals surface area contributed by atoms with Gasteiger partial charge in [0.15, 0.2) is 5.96 Å². The van der Waals surface area contributed by atoms with Gasteiger partial charge in [0.25, 0.3) is 0 Å². The molecule has 0 saturated carbocycles. The molecule has 0 radical (unpaired) electrons. The first-order valence-corrected chi connectivity index (χ1v) is 8.43. The van der Waals surface area contributed by atoms with Crippen LogP contribution in [0.2, 0.25) is 0 Å². The average molecular weight is 327 g/mol. The lowest BCUT2D eigenvalue weighted by Crippen LogP contribution is -2.47. The van der Waals surface area contributed by atoms with E-state index in [9.17, 15) is 4.79 Å². The highest BCUT2D eigenvalue weighted by atomic mass is 16.1. The lowest BCUT2D eigenvalue weighted by molar-refractivity contribution is -0.119. The quantitative estimate of drug-likeness (QED) is 0.634. The molecule has 1 aliphatic rings. The zero-order valence-electron chi connectivity index (χ0n) is 14.2. The number of nitrogens with two attached hydrogens (primary N) is 1. The molecule has 6 heteroatoms. The van der Waals surface area contributed by atoms with E-state index < -0.39 is 0 Å². The second-order valence-corrected chi connectivity index (χ2v) is 6.10. The van der Waals surface area contributed by atoms with Crippen LogP contribution in [0.4, 0.5) is 0 Å². The fraction of sp³-hybridized carbons (Fsp3) is 0.500. The molecule has 1 aliphatic heterocycles. The van der Waals surface area contributed by atoms with Crippen molar-refractivity contribution in [1.29, 1.82) is 5.26 Å². The molecule has 1 atom stereocenters. The minimum Gasteiger partial charge on any atom is -0.370 e. The first-order chi connectivity index (χ1) is 11.6. The van der Waals surface area contributed by atoms with Crippen LogP contribution in [0.15, 0.2) is 29.3 Å². The van der Waals surface area contributed by atoms with Crippen molar-refractivity contribution in [2.45, 2.75) is 32.7 Å². The number of primary amides is 1. The first-order valence-electron chi connectivity index (χ1n) is 8.43. The van der Waals surface area contributed by atoms with Gasteiger partial charge in [0.05, 0.1) is 18.2 Å². The van der Waals surface area contributed by atoms with Gasteiger partial charge in [-0.05, 0) is 43.4 Å². The first kappa shape index (κ1) is 17.8. The summed E-state index contributed by atoms with van der Waals surface area (Å²) < 4.78 is 0. The minimum atomic E-state index is -0.235. The van der Waals surface area contributed by atoms with E-state index in [1.165, 1.54) is 0 Å². The summed E-state index contributed by atoms with van der Waals surface area (Å²) in [5.41, 5.74) is 7.05. The number of carbonyl (C=O) groups excluding carboxylic acids is 1. The standard InChI is InChI=1S/C18H25N5O/c1-2-21-18(22-12-15-7-5-14(11-19)6-8-15)23-9-3-4-16(13-23)10-17(20)24/h5-8,16H,2-4,9-10,12-13H2,1H3,(H2,20,24)(H,21,22). The summed E-state index contributed by atoms with van der Waals surface area (Å²) in [4.78, 5) is 18.1. The number of amides is 1. The topological polar surface area (TPSA) is 94.5 Å². The molecule has 0 bridgehead atoms. The van der Waals surface area contributed by atoms with E-state index >= 15 is 0 Å². The molecule has 0 aliphatic carbocycles. The third-order valence-electron chi connectivity index (χ3n) is 4.14. The van der Waals surface area contributed by atoms with Gasteiger partial charge in [0.1, 0.15) is 0 Å². The van der Waals surface area contributed by atoms with Gasteiger partial charge in [-0.2, -0.15) is 5.26 Å². The van der Waals surface area contributed by atoms with Crippen molar-refractivity contribution in [3.63, 3.8) is 0 Å². The van der Waals surface area contributed by atoms with Crippen LogP contribution < -0.4 is 11.1 Å². The smallest absolute Gasteiger partial charge is 0.217 e. The molecule has 1 saturated heterocycles. The Labute approximate surface area is 143 Å². The maximum atomic E-state index is 11.2. The number of carbonyl (C=O) groups is 1. The van der Waals surface area contributed by atoms with Crippen LogP contribution in [0.1, 0.15) is 37.3 Å². The number of likely N-dealkylation sites (tertiary alicyclic amines) is 1. The molecule has 24 heavy (non-hydrogen) atoms. The number of piperidine rings is 1. The molecule has 1 heterocycles. The molecule has 1 aromatic carbocycles. The normalized spacial score (nSPS) is 18.1. The van der Waals surface area contributed by atoms with E-state index in [1.807, 2.05) is 31.2 Å². The Balaban J connectivity index is 2.03. The molecule has 1 fully saturated rings. The van der Waals surface area contributed by atoms with Crippen molar-refractivity contribution in [1.82, 2.24) is 10.2 Å². The highest BCUT2D eigenvalue weighted by Gasteiger charge is 2.23. The number of aliphatic imine (C=N–C) groups is 1. The summed E-state index contributed by atoms with van der Waals surface area (Å²) in [7, 11) is 0. The summed E-state index contributed by atoms with van der Waals surface area (Å²) in [6, 6.07) is 9.59. The van der Waals surface area contributed by atoms with E-state index in [0.29, 0.717) is 24.4 Å². The second kappa shape index (κ2) is 8.92. The number of nitrogens with one attached hydrogen (secondary N) is 1. The van der Waals surface area contributed by atoms with E-state index in [0.717, 1.165) is 44.0 Å². The molecule has 1 aromatic rings. The summed E-state index contributed by atoms with van der Waals surface area (Å²) in [5, 5.41) is 12.2. The van der Waals surface area contributed by atoms with Crippen molar-refractivity contribution in [2.75, 3.05) is 19.6 Å². The van der Waals surface area contributed by atoms with E-state index in [4.69, 9.17) is 16.0 Å². The Bertz CT molecular complexity index is 617. The number of nitriles is 1. The second-order valence-electron chi connectivity index (χ2n) is 6.10. The largest absolute Gasteiger partial charge is 0.370 e. The lowest BCUT2D eigenvalue weighted by atomic mass is 9.95. The van der Waals surface area contributed by atoms with Gasteiger partial charge >= 0.3 is 0 Å². The molecule has 6 nitrogen and oxygen atoms in total. The SMILES string of the molecule is CCNC(=NCc1ccc(C#N)cc1)N1CCCC(CC(N)=O)C1. The van der Waals surface area contributed by atoms with Crippen molar-refractivity contribution >= 4 is 11.9 Å². The van der Waals surface area contributed by atoms with Gasteiger partial charge in [0.2, 0.25) is 5.91 Å². The van der Waals surface area contributed by atoms with Gasteiger partial charge in [0, 0.05) is 26.1 Å². The number of hydrogen-bond donors (Lipinski definition) is 2. The Morgan fingerprint density at radius 3 is 2.83 bits per heavy atom. The Hall–Kier alpha value is -2.55. The third kappa shape index (κ3) is 5.27. The fourth-order valence-electron chi connectivity index (χ4n) is 2.99. The molecular weight excluding hydrogens is 302 g/mol. The third-order valence-corrected chi connectivity index (χ3v) is 4.14. The molecule has 2 rings (SSSR count). The molecule has 128 valence electrons. The van der Waals surface area contributed by atoms with Crippen LogP contribution in [-0.4, -0.2) is 36.4 Å². The Morgan fingerprint density at radius 1 is 1.46 bits per heavy atom. The molecule has 0 spiro atoms. The highest BCUT2D eigenvalue weighted by molar-refractivity contribution is 5.80. The average Bonchev–Trinajstić information content (AvgIpc) is 2.58. The van der Waals surface area contributed by atoms with Gasteiger partial charge in [-0.25, -0.2) is 4.99 Å². The van der Waals surface area contributed by atoms with Gasteiger partial charge < -0.3 is 16.0 Å². The summed E-state index contributed by atoms with van der Waals surface area (Å²) in [6.45, 7) is 5.15. The van der Waals surface area contributed by atoms with Crippen molar-refractivity contribution < 1.29 is 4.79 Å². The van der Waals surface area contributed by atoms with Crippen LogP contribution in [0.5, 0.6) is 0 Å². The number of hydrogen-bond acceptors (Lipinski definition) is 3. The summed E-state index contributed by atoms with van der Waals surface area (Å²) in [6.07, 6.45) is 2.51. The van der Waals surface area contributed by atoms with Crippen LogP contribution >= 0.6 is 0 Å². The van der Waals surface area contributed by atoms with E-state index in [-0.39, 0.29) is 5.91 Å². The van der Waals surface area contributed by atoms with Crippen molar-refractivity contribution in [3.8, 4) is 6.07 Å². The maximum absolute atomic E-state index is 11.2. The van der Waals surface area contributed by atoms with Crippen molar-refractivity contribution in [2.24, 2.45) is 16.6 Å². The molecular formula is C18H25N5O. The number of benzene rings is 1. The summed E-state index contributed by atoms with van der Waals surface area (Å²) in [5.74, 6) is 0.937. The Kier molecular flexibility index (Phi) is 6.62. The van der Waals surface area contributed by atoms with Crippen molar-refractivity contribution in [3.05, 3.63) is 35.4 Å². The van der Waals surface area contributed by atoms with Crippen LogP contribution in [-0.2, 0) is 11.3 Å². The zero-order chi connectivity index (χ0) is 17.4. The number of guanidine groups is 1. The predicted molar refractivity (Wildman–Crippen MR) is 94.1 cm³/mol. The zero-order valence-corrected chi connectivity index (χ0v) is 14.2. The van der Waals surface area contributed by atoms with Gasteiger partial charge in [-0.15, -0.1) is 0 Å². The molecule has 1 amide bonds. The number of rotatable bonds is 5. The molecule has 3 N–H and O–H groups in total. The van der Waals surface area contributed by atoms with Gasteiger partial charge in [-0.3, -0.25) is 4.79 Å². The van der Waals surface area contributed by atoms with E-state index in [2.05, 4.69) is 16.3 Å². The lowest BCUT2D eigenvalue weighted by Gasteiger charge is -2.34. The van der Waals surface area contributed by atoms with E-state index in [1.54, 1.807) is 0 Å². The van der Waals surface area contributed by atoms with Gasteiger partial charge in [-0.1, -0.05) is 12.1 Å². The Morgan fingerprint density at radius 2 is 2.21 bits per heavy atom. The van der Waals surface area contributed by atoms with Crippen LogP contribution in [0.3, 0.4) is 0 Å². The highest BCUT2D eigenvalue weighted by Crippen LogP contribution is 2.19. The number of nitrogens with zero attached hydrogens (tertiary/aromatic N) is 3. The summed E-state index contributed by atoms with van der Waals surface area (Å²) >= 11 is 0. The molecule has 1 unspecified atom stereocenters. The maximum Gasteiger partial charge on any atom is 0.217 e. The molecule has 0 aromatic heterocycles. The van der Waals surface area contributed by atoms with Crippen LogP contribution in [0, 0.1) is 17.2 Å².